The summed E-state index contributed by atoms with van der Waals surface area (Å²) < 4.78 is 7.01. The molecule has 8 heteroatoms. The van der Waals surface area contributed by atoms with E-state index >= 15 is 0 Å². The molecule has 0 saturated carbocycles. The Bertz CT molecular complexity index is 1340. The van der Waals surface area contributed by atoms with Crippen LogP contribution in [0.5, 0.6) is 0 Å². The Morgan fingerprint density at radius 3 is 2.64 bits per heavy atom. The summed E-state index contributed by atoms with van der Waals surface area (Å²) in [6.07, 6.45) is 7.28. The minimum atomic E-state index is -0.116. The van der Waals surface area contributed by atoms with E-state index < -0.39 is 0 Å². The van der Waals surface area contributed by atoms with Gasteiger partial charge in [0.25, 0.3) is 5.56 Å². The molecule has 2 N–H and O–H groups in total. The zero-order valence-corrected chi connectivity index (χ0v) is 18.7. The molecular weight excluding hydrogens is 416 g/mol. The standard InChI is InChI=1S/C25H26N6O2/c1-16-5-9-26-21(13-16)29-22-14-18-6-10-31(2)25(32)23(18)24(30-22)28-19-3-4-20(27-15-19)17-7-11-33-12-8-17/h3-6,9-10,13-15,17H,7-8,11-12H2,1-2H3,(H2,26,28,29,30). The minimum absolute atomic E-state index is 0.116. The van der Waals surface area contributed by atoms with Gasteiger partial charge in [0.05, 0.1) is 17.3 Å². The molecule has 1 saturated heterocycles. The fraction of sp³-hybridized carbons (Fsp3) is 0.280. The topological polar surface area (TPSA) is 94.0 Å². The van der Waals surface area contributed by atoms with Gasteiger partial charge in [0.2, 0.25) is 0 Å². The second-order valence-corrected chi connectivity index (χ2v) is 8.38. The minimum Gasteiger partial charge on any atom is -0.381 e. The van der Waals surface area contributed by atoms with Crippen molar-refractivity contribution in [3.8, 4) is 0 Å². The molecule has 8 nitrogen and oxygen atoms in total. The van der Waals surface area contributed by atoms with Crippen LogP contribution in [0.3, 0.4) is 0 Å². The van der Waals surface area contributed by atoms with Gasteiger partial charge in [0, 0.05) is 44.3 Å². The average Bonchev–Trinajstić information content (AvgIpc) is 2.82. The third kappa shape index (κ3) is 4.56. The SMILES string of the molecule is Cc1ccnc(Nc2cc3ccn(C)c(=O)c3c(Nc3ccc(C4CCOCC4)nc3)n2)c1. The van der Waals surface area contributed by atoms with Crippen LogP contribution in [0.1, 0.15) is 30.0 Å². The molecule has 1 aliphatic rings. The van der Waals surface area contributed by atoms with Gasteiger partial charge in [-0.15, -0.1) is 0 Å². The van der Waals surface area contributed by atoms with E-state index in [0.29, 0.717) is 28.8 Å². The molecule has 5 heterocycles. The molecule has 4 aromatic rings. The number of pyridine rings is 4. The second-order valence-electron chi connectivity index (χ2n) is 8.38. The van der Waals surface area contributed by atoms with Crippen LogP contribution in [-0.4, -0.2) is 32.7 Å². The van der Waals surface area contributed by atoms with E-state index in [0.717, 1.165) is 48.4 Å². The predicted molar refractivity (Wildman–Crippen MR) is 130 cm³/mol. The maximum atomic E-state index is 12.9. The zero-order chi connectivity index (χ0) is 22.8. The van der Waals surface area contributed by atoms with Crippen molar-refractivity contribution in [1.82, 2.24) is 19.5 Å². The molecular formula is C25H26N6O2. The summed E-state index contributed by atoms with van der Waals surface area (Å²) in [6, 6.07) is 11.7. The highest BCUT2D eigenvalue weighted by Crippen LogP contribution is 2.29. The number of rotatable bonds is 5. The summed E-state index contributed by atoms with van der Waals surface area (Å²) in [7, 11) is 1.73. The lowest BCUT2D eigenvalue weighted by Gasteiger charge is -2.21. The van der Waals surface area contributed by atoms with Crippen molar-refractivity contribution in [3.05, 3.63) is 76.6 Å². The second kappa shape index (κ2) is 8.99. The molecule has 5 rings (SSSR count). The van der Waals surface area contributed by atoms with Crippen LogP contribution in [-0.2, 0) is 11.8 Å². The lowest BCUT2D eigenvalue weighted by atomic mass is 9.96. The molecule has 0 aromatic carbocycles. The summed E-state index contributed by atoms with van der Waals surface area (Å²) in [5, 5.41) is 7.88. The molecule has 0 spiro atoms. The first-order valence-electron chi connectivity index (χ1n) is 11.1. The maximum absolute atomic E-state index is 12.9. The van der Waals surface area contributed by atoms with Gasteiger partial charge in [-0.3, -0.25) is 9.78 Å². The molecule has 168 valence electrons. The van der Waals surface area contributed by atoms with Gasteiger partial charge >= 0.3 is 0 Å². The van der Waals surface area contributed by atoms with E-state index in [2.05, 4.69) is 20.6 Å². The first-order valence-corrected chi connectivity index (χ1v) is 11.1. The number of hydrogen-bond donors (Lipinski definition) is 2. The maximum Gasteiger partial charge on any atom is 0.261 e. The van der Waals surface area contributed by atoms with Crippen molar-refractivity contribution in [2.45, 2.75) is 25.7 Å². The molecule has 0 amide bonds. The molecule has 0 atom stereocenters. The molecule has 4 aromatic heterocycles. The van der Waals surface area contributed by atoms with Crippen molar-refractivity contribution < 1.29 is 4.74 Å². The fourth-order valence-corrected chi connectivity index (χ4v) is 4.10. The van der Waals surface area contributed by atoms with Crippen molar-refractivity contribution >= 4 is 33.9 Å². The molecule has 0 bridgehead atoms. The Hall–Kier alpha value is -3.78. The Morgan fingerprint density at radius 2 is 1.88 bits per heavy atom. The molecule has 0 unspecified atom stereocenters. The first-order chi connectivity index (χ1) is 16.1. The van der Waals surface area contributed by atoms with Gasteiger partial charge < -0.3 is 19.9 Å². The summed E-state index contributed by atoms with van der Waals surface area (Å²) in [6.45, 7) is 3.57. The van der Waals surface area contributed by atoms with Gasteiger partial charge in [-0.1, -0.05) is 0 Å². The molecule has 0 aliphatic carbocycles. The van der Waals surface area contributed by atoms with Crippen LogP contribution in [0.2, 0.25) is 0 Å². The quantitative estimate of drug-likeness (QED) is 0.473. The van der Waals surface area contributed by atoms with Gasteiger partial charge in [-0.05, 0) is 67.1 Å². The van der Waals surface area contributed by atoms with Gasteiger partial charge in [0.15, 0.2) is 0 Å². The van der Waals surface area contributed by atoms with Crippen LogP contribution in [0, 0.1) is 6.92 Å². The van der Waals surface area contributed by atoms with Crippen molar-refractivity contribution in [2.24, 2.45) is 7.05 Å². The monoisotopic (exact) mass is 442 g/mol. The van der Waals surface area contributed by atoms with Gasteiger partial charge in [-0.2, -0.15) is 0 Å². The molecule has 1 aliphatic heterocycles. The Kier molecular flexibility index (Phi) is 5.75. The third-order valence-corrected chi connectivity index (χ3v) is 5.92. The Morgan fingerprint density at radius 1 is 1.03 bits per heavy atom. The van der Waals surface area contributed by atoms with E-state index in [9.17, 15) is 4.79 Å². The first kappa shape index (κ1) is 21.1. The largest absolute Gasteiger partial charge is 0.381 e. The molecule has 1 fully saturated rings. The number of fused-ring (bicyclic) bond motifs is 1. The van der Waals surface area contributed by atoms with Crippen molar-refractivity contribution in [2.75, 3.05) is 23.8 Å². The number of hydrogen-bond acceptors (Lipinski definition) is 7. The number of aromatic nitrogens is 4. The average molecular weight is 443 g/mol. The van der Waals surface area contributed by atoms with Gasteiger partial charge in [-0.25, -0.2) is 9.97 Å². The molecule has 0 radical (unpaired) electrons. The predicted octanol–water partition coefficient (Wildman–Crippen LogP) is 4.41. The summed E-state index contributed by atoms with van der Waals surface area (Å²) in [5.74, 6) is 2.19. The number of nitrogens with zero attached hydrogens (tertiary/aromatic N) is 4. The van der Waals surface area contributed by atoms with E-state index in [1.165, 1.54) is 0 Å². The number of anilines is 4. The molecule has 33 heavy (non-hydrogen) atoms. The van der Waals surface area contributed by atoms with E-state index in [-0.39, 0.29) is 5.56 Å². The Balaban J connectivity index is 1.50. The normalized spacial score (nSPS) is 14.4. The van der Waals surface area contributed by atoms with E-state index in [1.807, 2.05) is 43.3 Å². The summed E-state index contributed by atoms with van der Waals surface area (Å²) in [5.41, 5.74) is 2.82. The fourth-order valence-electron chi connectivity index (χ4n) is 4.10. The van der Waals surface area contributed by atoms with E-state index in [1.54, 1.807) is 30.2 Å². The van der Waals surface area contributed by atoms with Crippen LogP contribution in [0.4, 0.5) is 23.1 Å². The lowest BCUT2D eigenvalue weighted by molar-refractivity contribution is 0.0845. The smallest absolute Gasteiger partial charge is 0.261 e. The summed E-state index contributed by atoms with van der Waals surface area (Å²) >= 11 is 0. The third-order valence-electron chi connectivity index (χ3n) is 5.92. The van der Waals surface area contributed by atoms with Crippen LogP contribution in [0.15, 0.2) is 59.8 Å². The number of ether oxygens (including phenoxy) is 1. The zero-order valence-electron chi connectivity index (χ0n) is 18.7. The summed E-state index contributed by atoms with van der Waals surface area (Å²) in [4.78, 5) is 26.7. The lowest BCUT2D eigenvalue weighted by Crippen LogP contribution is -2.17. The highest BCUT2D eigenvalue weighted by Gasteiger charge is 2.17. The number of aryl methyl sites for hydroxylation is 2. The van der Waals surface area contributed by atoms with E-state index in [4.69, 9.17) is 9.72 Å². The highest BCUT2D eigenvalue weighted by atomic mass is 16.5. The highest BCUT2D eigenvalue weighted by molar-refractivity contribution is 5.94. The Labute approximate surface area is 191 Å². The van der Waals surface area contributed by atoms with Crippen molar-refractivity contribution in [1.29, 1.82) is 0 Å². The van der Waals surface area contributed by atoms with Crippen LogP contribution >= 0.6 is 0 Å². The van der Waals surface area contributed by atoms with Gasteiger partial charge in [0.1, 0.15) is 17.5 Å². The van der Waals surface area contributed by atoms with Crippen LogP contribution in [0.25, 0.3) is 10.8 Å². The van der Waals surface area contributed by atoms with Crippen molar-refractivity contribution in [3.63, 3.8) is 0 Å². The van der Waals surface area contributed by atoms with Crippen LogP contribution < -0.4 is 16.2 Å². The number of nitrogens with one attached hydrogen (secondary N) is 2.